The number of nitro groups is 1. The summed E-state index contributed by atoms with van der Waals surface area (Å²) in [6.07, 6.45) is 0. The summed E-state index contributed by atoms with van der Waals surface area (Å²) in [5.74, 6) is 0.390. The van der Waals surface area contributed by atoms with Crippen molar-refractivity contribution in [1.29, 1.82) is 0 Å². The van der Waals surface area contributed by atoms with E-state index >= 15 is 0 Å². The lowest BCUT2D eigenvalue weighted by molar-refractivity contribution is -0.384. The average Bonchev–Trinajstić information content (AvgIpc) is 2.49. The molecule has 0 fully saturated rings. The lowest BCUT2D eigenvalue weighted by Crippen LogP contribution is -2.14. The molecule has 0 aliphatic carbocycles. The van der Waals surface area contributed by atoms with E-state index in [-0.39, 0.29) is 22.8 Å². The zero-order valence-corrected chi connectivity index (χ0v) is 11.3. The number of ether oxygens (including phenoxy) is 1. The highest BCUT2D eigenvalue weighted by atomic mass is 35.5. The van der Waals surface area contributed by atoms with E-state index in [1.54, 1.807) is 24.3 Å². The first-order chi connectivity index (χ1) is 10.0. The van der Waals surface area contributed by atoms with E-state index in [0.29, 0.717) is 10.8 Å². The minimum absolute atomic E-state index is 0.113. The van der Waals surface area contributed by atoms with Gasteiger partial charge in [0.05, 0.1) is 10.5 Å². The molecule has 0 amide bonds. The molecule has 2 rings (SSSR count). The zero-order valence-electron chi connectivity index (χ0n) is 10.6. The number of halogens is 1. The molecular weight excluding hydrogens is 298 g/mol. The summed E-state index contributed by atoms with van der Waals surface area (Å²) in [4.78, 5) is 10.2. The van der Waals surface area contributed by atoms with E-state index in [4.69, 9.17) is 27.3 Å². The molecule has 0 unspecified atom stereocenters. The molecule has 0 aromatic heterocycles. The Morgan fingerprint density at radius 2 is 1.95 bits per heavy atom. The van der Waals surface area contributed by atoms with Crippen molar-refractivity contribution >= 4 is 23.1 Å². The number of nitrogens with two attached hydrogens (primary N) is 1. The molecule has 2 aromatic carbocycles. The number of hydrogen-bond acceptors (Lipinski definition) is 5. The molecule has 0 spiro atoms. The van der Waals surface area contributed by atoms with Crippen molar-refractivity contribution in [2.75, 3.05) is 0 Å². The molecule has 0 bridgehead atoms. The highest BCUT2D eigenvalue weighted by Gasteiger charge is 2.15. The summed E-state index contributed by atoms with van der Waals surface area (Å²) in [5, 5.41) is 22.9. The molecular formula is C13H10ClN3O4. The van der Waals surface area contributed by atoms with Crippen molar-refractivity contribution in [2.45, 2.75) is 0 Å². The molecule has 0 saturated carbocycles. The number of nitro benzene ring substituents is 1. The van der Waals surface area contributed by atoms with Gasteiger partial charge >= 0.3 is 0 Å². The minimum atomic E-state index is -0.583. The van der Waals surface area contributed by atoms with Crippen LogP contribution in [0.2, 0.25) is 5.02 Å². The van der Waals surface area contributed by atoms with Crippen LogP contribution in [-0.2, 0) is 0 Å². The maximum Gasteiger partial charge on any atom is 0.270 e. The quantitative estimate of drug-likeness (QED) is 0.296. The Morgan fingerprint density at radius 3 is 2.52 bits per heavy atom. The van der Waals surface area contributed by atoms with E-state index in [9.17, 15) is 10.1 Å². The molecule has 3 N–H and O–H groups in total. The van der Waals surface area contributed by atoms with Crippen molar-refractivity contribution in [3.05, 3.63) is 63.2 Å². The molecule has 0 atom stereocenters. The standard InChI is InChI=1S/C13H10ClN3O4/c14-8-1-4-10(5-2-8)21-12-6-3-9(17(19)20)7-11(12)13(15)16-18/h1-7,18H,(H2,15,16). The van der Waals surface area contributed by atoms with Gasteiger partial charge in [-0.3, -0.25) is 10.1 Å². The number of nitrogens with zero attached hydrogens (tertiary/aromatic N) is 2. The highest BCUT2D eigenvalue weighted by Crippen LogP contribution is 2.29. The van der Waals surface area contributed by atoms with Gasteiger partial charge in [0.15, 0.2) is 5.84 Å². The average molecular weight is 308 g/mol. The van der Waals surface area contributed by atoms with Gasteiger partial charge in [-0.05, 0) is 30.3 Å². The molecule has 21 heavy (non-hydrogen) atoms. The van der Waals surface area contributed by atoms with E-state index in [1.807, 2.05) is 0 Å². The summed E-state index contributed by atoms with van der Waals surface area (Å²) < 4.78 is 5.57. The van der Waals surface area contributed by atoms with Crippen LogP contribution in [0.4, 0.5) is 5.69 Å². The second-order valence-corrected chi connectivity index (χ2v) is 4.42. The van der Waals surface area contributed by atoms with Crippen LogP contribution >= 0.6 is 11.6 Å². The van der Waals surface area contributed by atoms with Crippen molar-refractivity contribution in [2.24, 2.45) is 10.9 Å². The first-order valence-electron chi connectivity index (χ1n) is 5.71. The third kappa shape index (κ3) is 3.40. The van der Waals surface area contributed by atoms with Gasteiger partial charge in [-0.15, -0.1) is 0 Å². The first kappa shape index (κ1) is 14.6. The van der Waals surface area contributed by atoms with Crippen LogP contribution in [0.5, 0.6) is 11.5 Å². The zero-order chi connectivity index (χ0) is 15.4. The van der Waals surface area contributed by atoms with Crippen LogP contribution in [0.1, 0.15) is 5.56 Å². The largest absolute Gasteiger partial charge is 0.457 e. The van der Waals surface area contributed by atoms with Crippen molar-refractivity contribution in [3.8, 4) is 11.5 Å². The van der Waals surface area contributed by atoms with Gasteiger partial charge in [0.2, 0.25) is 0 Å². The normalized spacial score (nSPS) is 11.2. The second kappa shape index (κ2) is 6.10. The Morgan fingerprint density at radius 1 is 1.29 bits per heavy atom. The van der Waals surface area contributed by atoms with Gasteiger partial charge in [-0.2, -0.15) is 0 Å². The van der Waals surface area contributed by atoms with Crippen molar-refractivity contribution in [1.82, 2.24) is 0 Å². The third-order valence-corrected chi connectivity index (χ3v) is 2.85. The molecule has 0 saturated heterocycles. The number of benzene rings is 2. The Kier molecular flexibility index (Phi) is 4.24. The fraction of sp³-hybridized carbons (Fsp3) is 0. The molecule has 2 aromatic rings. The van der Waals surface area contributed by atoms with Gasteiger partial charge < -0.3 is 15.7 Å². The molecule has 0 radical (unpaired) electrons. The molecule has 108 valence electrons. The number of non-ortho nitro benzene ring substituents is 1. The Bertz CT molecular complexity index is 701. The Labute approximate surface area is 124 Å². The Hall–Kier alpha value is -2.80. The van der Waals surface area contributed by atoms with Gasteiger partial charge in [-0.25, -0.2) is 0 Å². The molecule has 0 aliphatic rings. The van der Waals surface area contributed by atoms with Gasteiger partial charge in [0, 0.05) is 17.2 Å². The Balaban J connectivity index is 2.42. The smallest absolute Gasteiger partial charge is 0.270 e. The second-order valence-electron chi connectivity index (χ2n) is 3.98. The van der Waals surface area contributed by atoms with Crippen molar-refractivity contribution < 1.29 is 14.9 Å². The maximum atomic E-state index is 10.8. The van der Waals surface area contributed by atoms with Crippen LogP contribution in [0.15, 0.2) is 47.6 Å². The SMILES string of the molecule is NC(=NO)c1cc([N+](=O)[O-])ccc1Oc1ccc(Cl)cc1. The first-order valence-corrected chi connectivity index (χ1v) is 6.09. The number of hydrogen-bond donors (Lipinski definition) is 2. The monoisotopic (exact) mass is 307 g/mol. The lowest BCUT2D eigenvalue weighted by Gasteiger charge is -2.10. The van der Waals surface area contributed by atoms with Crippen molar-refractivity contribution in [3.63, 3.8) is 0 Å². The van der Waals surface area contributed by atoms with E-state index < -0.39 is 4.92 Å². The molecule has 0 heterocycles. The van der Waals surface area contributed by atoms with E-state index in [2.05, 4.69) is 5.16 Å². The van der Waals surface area contributed by atoms with Crippen LogP contribution in [0.3, 0.4) is 0 Å². The van der Waals surface area contributed by atoms with Crippen LogP contribution in [-0.4, -0.2) is 16.0 Å². The maximum absolute atomic E-state index is 10.8. The summed E-state index contributed by atoms with van der Waals surface area (Å²) in [6.45, 7) is 0. The molecule has 0 aliphatic heterocycles. The number of amidine groups is 1. The number of oxime groups is 1. The molecule has 8 heteroatoms. The summed E-state index contributed by atoms with van der Waals surface area (Å²) in [7, 11) is 0. The minimum Gasteiger partial charge on any atom is -0.457 e. The van der Waals surface area contributed by atoms with E-state index in [0.717, 1.165) is 0 Å². The lowest BCUT2D eigenvalue weighted by atomic mass is 10.1. The van der Waals surface area contributed by atoms with E-state index in [1.165, 1.54) is 18.2 Å². The topological polar surface area (TPSA) is 111 Å². The predicted molar refractivity (Wildman–Crippen MR) is 77.1 cm³/mol. The fourth-order valence-electron chi connectivity index (χ4n) is 1.60. The summed E-state index contributed by atoms with van der Waals surface area (Å²) in [6, 6.07) is 10.3. The third-order valence-electron chi connectivity index (χ3n) is 2.60. The van der Waals surface area contributed by atoms with Crippen LogP contribution in [0, 0.1) is 10.1 Å². The van der Waals surface area contributed by atoms with Crippen LogP contribution < -0.4 is 10.5 Å². The molecule has 7 nitrogen and oxygen atoms in total. The fourth-order valence-corrected chi connectivity index (χ4v) is 1.73. The van der Waals surface area contributed by atoms with Crippen LogP contribution in [0.25, 0.3) is 0 Å². The summed E-state index contributed by atoms with van der Waals surface area (Å²) in [5.41, 5.74) is 5.44. The highest BCUT2D eigenvalue weighted by molar-refractivity contribution is 6.30. The van der Waals surface area contributed by atoms with Gasteiger partial charge in [0.1, 0.15) is 11.5 Å². The van der Waals surface area contributed by atoms with Gasteiger partial charge in [-0.1, -0.05) is 16.8 Å². The summed E-state index contributed by atoms with van der Waals surface area (Å²) >= 11 is 5.77. The number of rotatable bonds is 4. The van der Waals surface area contributed by atoms with Gasteiger partial charge in [0.25, 0.3) is 5.69 Å². The predicted octanol–water partition coefficient (Wildman–Crippen LogP) is 3.14.